The summed E-state index contributed by atoms with van der Waals surface area (Å²) in [5.74, 6) is 0.784. The third-order valence-corrected chi connectivity index (χ3v) is 3.08. The summed E-state index contributed by atoms with van der Waals surface area (Å²) in [6, 6.07) is 2.64. The first-order valence-electron chi connectivity index (χ1n) is 5.97. The fraction of sp³-hybridized carbons (Fsp3) is 0.750. The molecule has 0 spiro atoms. The lowest BCUT2D eigenvalue weighted by Crippen LogP contribution is -2.36. The lowest BCUT2D eigenvalue weighted by atomic mass is 10.0. The van der Waals surface area contributed by atoms with Crippen LogP contribution in [0.15, 0.2) is 18.5 Å². The van der Waals surface area contributed by atoms with Gasteiger partial charge in [-0.3, -0.25) is 4.68 Å². The average molecular weight is 207 g/mol. The molecule has 3 nitrogen and oxygen atoms in total. The summed E-state index contributed by atoms with van der Waals surface area (Å²) in [6.07, 6.45) is 6.45. The van der Waals surface area contributed by atoms with Gasteiger partial charge in [0.15, 0.2) is 0 Å². The zero-order chi connectivity index (χ0) is 10.7. The van der Waals surface area contributed by atoms with Crippen molar-refractivity contribution in [3.05, 3.63) is 18.5 Å². The van der Waals surface area contributed by atoms with Gasteiger partial charge in [-0.15, -0.1) is 0 Å². The highest BCUT2D eigenvalue weighted by Crippen LogP contribution is 2.21. The van der Waals surface area contributed by atoms with E-state index >= 15 is 0 Å². The predicted octanol–water partition coefficient (Wildman–Crippen LogP) is 2.18. The maximum absolute atomic E-state index is 4.32. The van der Waals surface area contributed by atoms with Gasteiger partial charge in [-0.05, 0) is 24.8 Å². The Morgan fingerprint density at radius 1 is 1.33 bits per heavy atom. The van der Waals surface area contributed by atoms with Crippen molar-refractivity contribution in [1.82, 2.24) is 14.7 Å². The summed E-state index contributed by atoms with van der Waals surface area (Å²) in [7, 11) is 0. The van der Waals surface area contributed by atoms with Gasteiger partial charge in [0.05, 0.1) is 6.04 Å². The standard InChI is InChI=1S/C12H21N3/c1-11(2)10-14-8-4-12(5-9-14)15-7-3-6-13-15/h3,6-7,11-12H,4-5,8-10H2,1-2H3. The molecule has 1 aliphatic rings. The Morgan fingerprint density at radius 2 is 2.07 bits per heavy atom. The molecule has 2 heterocycles. The van der Waals surface area contributed by atoms with Gasteiger partial charge >= 0.3 is 0 Å². The summed E-state index contributed by atoms with van der Waals surface area (Å²) >= 11 is 0. The summed E-state index contributed by atoms with van der Waals surface area (Å²) in [5.41, 5.74) is 0. The Balaban J connectivity index is 1.82. The van der Waals surface area contributed by atoms with E-state index in [1.54, 1.807) is 0 Å². The number of hydrogen-bond donors (Lipinski definition) is 0. The van der Waals surface area contributed by atoms with Crippen LogP contribution in [0.1, 0.15) is 32.7 Å². The lowest BCUT2D eigenvalue weighted by molar-refractivity contribution is 0.164. The Labute approximate surface area is 92.1 Å². The van der Waals surface area contributed by atoms with E-state index in [0.29, 0.717) is 6.04 Å². The van der Waals surface area contributed by atoms with Crippen LogP contribution in [0.2, 0.25) is 0 Å². The minimum atomic E-state index is 0.628. The number of likely N-dealkylation sites (tertiary alicyclic amines) is 1. The van der Waals surface area contributed by atoms with Crippen LogP contribution in [-0.4, -0.2) is 34.3 Å². The molecule has 1 fully saturated rings. The highest BCUT2D eigenvalue weighted by molar-refractivity contribution is 4.84. The number of piperidine rings is 1. The fourth-order valence-electron chi connectivity index (χ4n) is 2.38. The molecule has 0 bridgehead atoms. The molecule has 1 saturated heterocycles. The second kappa shape index (κ2) is 4.79. The molecular formula is C12H21N3. The molecular weight excluding hydrogens is 186 g/mol. The minimum Gasteiger partial charge on any atom is -0.303 e. The van der Waals surface area contributed by atoms with Crippen LogP contribution < -0.4 is 0 Å². The number of rotatable bonds is 3. The molecule has 0 saturated carbocycles. The van der Waals surface area contributed by atoms with Gasteiger partial charge in [0.2, 0.25) is 0 Å². The van der Waals surface area contributed by atoms with Crippen LogP contribution in [0.4, 0.5) is 0 Å². The third kappa shape index (κ3) is 2.81. The third-order valence-electron chi connectivity index (χ3n) is 3.08. The highest BCUT2D eigenvalue weighted by Gasteiger charge is 2.20. The number of hydrogen-bond acceptors (Lipinski definition) is 2. The van der Waals surface area contributed by atoms with E-state index < -0.39 is 0 Å². The first-order valence-corrected chi connectivity index (χ1v) is 5.97. The lowest BCUT2D eigenvalue weighted by Gasteiger charge is -2.32. The molecule has 3 heteroatoms. The van der Waals surface area contributed by atoms with Gasteiger partial charge in [0, 0.05) is 32.0 Å². The molecule has 0 unspecified atom stereocenters. The normalized spacial score (nSPS) is 19.9. The first-order chi connectivity index (χ1) is 7.25. The largest absolute Gasteiger partial charge is 0.303 e. The summed E-state index contributed by atoms with van der Waals surface area (Å²) < 4.78 is 2.12. The summed E-state index contributed by atoms with van der Waals surface area (Å²) in [6.45, 7) is 8.27. The molecule has 84 valence electrons. The molecule has 1 aliphatic heterocycles. The Bertz CT molecular complexity index is 271. The zero-order valence-electron chi connectivity index (χ0n) is 9.76. The van der Waals surface area contributed by atoms with Gasteiger partial charge in [0.25, 0.3) is 0 Å². The second-order valence-electron chi connectivity index (χ2n) is 4.91. The topological polar surface area (TPSA) is 21.1 Å². The SMILES string of the molecule is CC(C)CN1CCC(n2cccn2)CC1. The van der Waals surface area contributed by atoms with Crippen molar-refractivity contribution < 1.29 is 0 Å². The Morgan fingerprint density at radius 3 is 2.60 bits per heavy atom. The van der Waals surface area contributed by atoms with E-state index in [2.05, 4.69) is 34.7 Å². The smallest absolute Gasteiger partial charge is 0.0543 e. The van der Waals surface area contributed by atoms with Gasteiger partial charge in [-0.25, -0.2) is 0 Å². The molecule has 15 heavy (non-hydrogen) atoms. The van der Waals surface area contributed by atoms with Gasteiger partial charge in [-0.1, -0.05) is 13.8 Å². The number of aromatic nitrogens is 2. The Hall–Kier alpha value is -0.830. The molecule has 1 aromatic rings. The second-order valence-corrected chi connectivity index (χ2v) is 4.91. The van der Waals surface area contributed by atoms with Crippen molar-refractivity contribution in [1.29, 1.82) is 0 Å². The number of nitrogens with zero attached hydrogens (tertiary/aromatic N) is 3. The summed E-state index contributed by atoms with van der Waals surface area (Å²) in [5, 5.41) is 4.32. The van der Waals surface area contributed by atoms with E-state index in [9.17, 15) is 0 Å². The average Bonchev–Trinajstić information content (AvgIpc) is 2.71. The van der Waals surface area contributed by atoms with Gasteiger partial charge < -0.3 is 4.90 Å². The van der Waals surface area contributed by atoms with E-state index in [1.807, 2.05) is 12.3 Å². The van der Waals surface area contributed by atoms with Crippen molar-refractivity contribution in [2.45, 2.75) is 32.7 Å². The highest BCUT2D eigenvalue weighted by atomic mass is 15.3. The van der Waals surface area contributed by atoms with Crippen LogP contribution in [0.5, 0.6) is 0 Å². The van der Waals surface area contributed by atoms with Crippen LogP contribution >= 0.6 is 0 Å². The molecule has 0 N–H and O–H groups in total. The fourth-order valence-corrected chi connectivity index (χ4v) is 2.38. The summed E-state index contributed by atoms with van der Waals surface area (Å²) in [4.78, 5) is 2.57. The quantitative estimate of drug-likeness (QED) is 0.757. The van der Waals surface area contributed by atoms with E-state index in [1.165, 1.54) is 32.5 Å². The molecule has 2 rings (SSSR count). The van der Waals surface area contributed by atoms with E-state index in [0.717, 1.165) is 5.92 Å². The maximum atomic E-state index is 4.32. The van der Waals surface area contributed by atoms with Crippen LogP contribution in [0.3, 0.4) is 0 Å². The van der Waals surface area contributed by atoms with E-state index in [-0.39, 0.29) is 0 Å². The maximum Gasteiger partial charge on any atom is 0.0543 e. The van der Waals surface area contributed by atoms with Crippen molar-refractivity contribution >= 4 is 0 Å². The molecule has 0 amide bonds. The minimum absolute atomic E-state index is 0.628. The predicted molar refractivity (Wildman–Crippen MR) is 61.8 cm³/mol. The molecule has 0 aliphatic carbocycles. The van der Waals surface area contributed by atoms with Crippen molar-refractivity contribution in [2.24, 2.45) is 5.92 Å². The molecule has 0 radical (unpaired) electrons. The van der Waals surface area contributed by atoms with Crippen LogP contribution in [-0.2, 0) is 0 Å². The Kier molecular flexibility index (Phi) is 3.41. The van der Waals surface area contributed by atoms with Crippen LogP contribution in [0, 0.1) is 5.92 Å². The monoisotopic (exact) mass is 207 g/mol. The van der Waals surface area contributed by atoms with Crippen LogP contribution in [0.25, 0.3) is 0 Å². The van der Waals surface area contributed by atoms with Crippen molar-refractivity contribution in [3.63, 3.8) is 0 Å². The zero-order valence-corrected chi connectivity index (χ0v) is 9.76. The molecule has 0 atom stereocenters. The van der Waals surface area contributed by atoms with Gasteiger partial charge in [0.1, 0.15) is 0 Å². The van der Waals surface area contributed by atoms with Gasteiger partial charge in [-0.2, -0.15) is 5.10 Å². The van der Waals surface area contributed by atoms with Crippen molar-refractivity contribution in [2.75, 3.05) is 19.6 Å². The molecule has 1 aromatic heterocycles. The van der Waals surface area contributed by atoms with E-state index in [4.69, 9.17) is 0 Å². The van der Waals surface area contributed by atoms with Crippen molar-refractivity contribution in [3.8, 4) is 0 Å². The molecule has 0 aromatic carbocycles. The first kappa shape index (κ1) is 10.7.